The molecule has 0 aromatic carbocycles. The van der Waals surface area contributed by atoms with Crippen LogP contribution in [0.4, 0.5) is 0 Å². The van der Waals surface area contributed by atoms with Gasteiger partial charge >= 0.3 is 11.9 Å². The van der Waals surface area contributed by atoms with Gasteiger partial charge in [-0.2, -0.15) is 0 Å². The molecule has 11 heavy (non-hydrogen) atoms. The molecule has 7 heteroatoms. The van der Waals surface area contributed by atoms with Crippen LogP contribution < -0.4 is 0 Å². The fourth-order valence-corrected chi connectivity index (χ4v) is 0.459. The van der Waals surface area contributed by atoms with Crippen LogP contribution in [0.5, 0.6) is 0 Å². The molecule has 0 radical (unpaired) electrons. The number of hydrogen-bond donors (Lipinski definition) is 3. The Bertz CT molecular complexity index is 189. The second-order valence-electron chi connectivity index (χ2n) is 1.68. The van der Waals surface area contributed by atoms with Crippen LogP contribution >= 0.6 is 23.2 Å². The number of carboxylic acids is 2. The SMILES string of the molecule is O=C(O)C(Cl)C(O)(Cl)C(=O)O. The van der Waals surface area contributed by atoms with E-state index in [-0.39, 0.29) is 0 Å². The summed E-state index contributed by atoms with van der Waals surface area (Å²) in [5.74, 6) is -3.60. The topological polar surface area (TPSA) is 94.8 Å². The summed E-state index contributed by atoms with van der Waals surface area (Å²) in [6.07, 6.45) is 0. The van der Waals surface area contributed by atoms with Crippen LogP contribution in [0.2, 0.25) is 0 Å². The summed E-state index contributed by atoms with van der Waals surface area (Å²) >= 11 is 9.80. The Balaban J connectivity index is 4.55. The van der Waals surface area contributed by atoms with E-state index in [1.807, 2.05) is 0 Å². The predicted molar refractivity (Wildman–Crippen MR) is 35.7 cm³/mol. The highest BCUT2D eigenvalue weighted by Gasteiger charge is 2.46. The number of carbonyl (C=O) groups is 2. The van der Waals surface area contributed by atoms with Gasteiger partial charge in [-0.1, -0.05) is 11.6 Å². The third-order valence-corrected chi connectivity index (χ3v) is 1.85. The van der Waals surface area contributed by atoms with Gasteiger partial charge in [-0.3, -0.25) is 4.79 Å². The van der Waals surface area contributed by atoms with E-state index in [0.717, 1.165) is 0 Å². The monoisotopic (exact) mass is 202 g/mol. The van der Waals surface area contributed by atoms with Crippen LogP contribution in [0.3, 0.4) is 0 Å². The molecule has 0 spiro atoms. The molecule has 0 bridgehead atoms. The van der Waals surface area contributed by atoms with Crippen molar-refractivity contribution in [3.63, 3.8) is 0 Å². The smallest absolute Gasteiger partial charge is 0.353 e. The molecule has 2 unspecified atom stereocenters. The minimum atomic E-state index is -2.96. The maximum Gasteiger partial charge on any atom is 0.353 e. The average molecular weight is 203 g/mol. The lowest BCUT2D eigenvalue weighted by Crippen LogP contribution is -2.45. The summed E-state index contributed by atoms with van der Waals surface area (Å²) < 4.78 is 0. The van der Waals surface area contributed by atoms with Crippen molar-refractivity contribution in [3.05, 3.63) is 0 Å². The standard InChI is InChI=1S/C4H4Cl2O5/c5-1(2(7)8)4(6,11)3(9)10/h1,11H,(H,7,8)(H,9,10). The molecule has 0 amide bonds. The first-order chi connectivity index (χ1) is 4.80. The highest BCUT2D eigenvalue weighted by molar-refractivity contribution is 6.43. The van der Waals surface area contributed by atoms with Gasteiger partial charge < -0.3 is 15.3 Å². The fraction of sp³-hybridized carbons (Fsp3) is 0.500. The number of alkyl halides is 2. The van der Waals surface area contributed by atoms with E-state index in [2.05, 4.69) is 0 Å². The highest BCUT2D eigenvalue weighted by atomic mass is 35.5. The van der Waals surface area contributed by atoms with E-state index in [1.54, 1.807) is 0 Å². The fourth-order valence-electron chi connectivity index (χ4n) is 0.272. The summed E-state index contributed by atoms with van der Waals surface area (Å²) in [6, 6.07) is 0. The molecule has 0 aliphatic carbocycles. The zero-order valence-electron chi connectivity index (χ0n) is 4.99. The predicted octanol–water partition coefficient (Wildman–Crippen LogP) is -0.310. The van der Waals surface area contributed by atoms with Crippen LogP contribution in [0.15, 0.2) is 0 Å². The van der Waals surface area contributed by atoms with Crippen molar-refractivity contribution >= 4 is 35.1 Å². The van der Waals surface area contributed by atoms with Gasteiger partial charge in [0.1, 0.15) is 0 Å². The third-order valence-electron chi connectivity index (χ3n) is 0.853. The van der Waals surface area contributed by atoms with Gasteiger partial charge in [-0.25, -0.2) is 4.79 Å². The van der Waals surface area contributed by atoms with Crippen LogP contribution in [-0.2, 0) is 9.59 Å². The van der Waals surface area contributed by atoms with Crippen molar-refractivity contribution in [2.45, 2.75) is 10.4 Å². The van der Waals surface area contributed by atoms with Gasteiger partial charge in [-0.15, -0.1) is 11.6 Å². The molecule has 3 N–H and O–H groups in total. The van der Waals surface area contributed by atoms with Crippen molar-refractivity contribution in [1.29, 1.82) is 0 Å². The van der Waals surface area contributed by atoms with Gasteiger partial charge in [0, 0.05) is 0 Å². The summed E-state index contributed by atoms with van der Waals surface area (Å²) in [6.45, 7) is 0. The summed E-state index contributed by atoms with van der Waals surface area (Å²) in [5.41, 5.74) is 0. The molecule has 0 aliphatic rings. The lowest BCUT2D eigenvalue weighted by Gasteiger charge is -2.16. The van der Waals surface area contributed by atoms with Crippen molar-refractivity contribution in [3.8, 4) is 0 Å². The Morgan fingerprint density at radius 3 is 1.82 bits per heavy atom. The molecule has 0 aromatic heterocycles. The molecule has 0 saturated carbocycles. The Labute approximate surface area is 71.1 Å². The van der Waals surface area contributed by atoms with Crippen molar-refractivity contribution in [2.24, 2.45) is 0 Å². The first kappa shape index (κ1) is 10.5. The number of halogens is 2. The zero-order valence-corrected chi connectivity index (χ0v) is 6.50. The maximum absolute atomic E-state index is 10.0. The number of aliphatic hydroxyl groups is 1. The number of rotatable bonds is 3. The molecule has 2 atom stereocenters. The molecule has 0 rings (SSSR count). The van der Waals surface area contributed by atoms with Gasteiger partial charge in [0.15, 0.2) is 5.38 Å². The largest absolute Gasteiger partial charge is 0.480 e. The normalized spacial score (nSPS) is 18.5. The van der Waals surface area contributed by atoms with Crippen LogP contribution in [-0.4, -0.2) is 37.7 Å². The van der Waals surface area contributed by atoms with E-state index < -0.39 is 22.4 Å². The van der Waals surface area contributed by atoms with Gasteiger partial charge in [0.25, 0.3) is 5.06 Å². The molecule has 0 heterocycles. The lowest BCUT2D eigenvalue weighted by molar-refractivity contribution is -0.156. The quantitative estimate of drug-likeness (QED) is 0.547. The van der Waals surface area contributed by atoms with Crippen LogP contribution in [0.25, 0.3) is 0 Å². The zero-order chi connectivity index (χ0) is 9.23. The Kier molecular flexibility index (Phi) is 3.10. The van der Waals surface area contributed by atoms with Crippen molar-refractivity contribution < 1.29 is 24.9 Å². The van der Waals surface area contributed by atoms with Gasteiger partial charge in [0.05, 0.1) is 0 Å². The number of hydrogen-bond acceptors (Lipinski definition) is 3. The van der Waals surface area contributed by atoms with E-state index in [1.165, 1.54) is 0 Å². The minimum Gasteiger partial charge on any atom is -0.480 e. The number of aliphatic carboxylic acids is 2. The first-order valence-corrected chi connectivity index (χ1v) is 3.13. The Morgan fingerprint density at radius 1 is 1.36 bits per heavy atom. The third kappa shape index (κ3) is 2.21. The second-order valence-corrected chi connectivity index (χ2v) is 2.69. The van der Waals surface area contributed by atoms with Crippen molar-refractivity contribution in [2.75, 3.05) is 0 Å². The summed E-state index contributed by atoms with van der Waals surface area (Å²) in [5, 5.41) is 19.9. The molecular weight excluding hydrogens is 199 g/mol. The summed E-state index contributed by atoms with van der Waals surface area (Å²) in [4.78, 5) is 20.0. The molecule has 64 valence electrons. The molecule has 0 aliphatic heterocycles. The Hall–Kier alpha value is -0.520. The van der Waals surface area contributed by atoms with E-state index in [0.29, 0.717) is 0 Å². The minimum absolute atomic E-state index is 1.70. The van der Waals surface area contributed by atoms with Crippen LogP contribution in [0, 0.1) is 0 Å². The number of carboxylic acid groups (broad SMARTS) is 2. The van der Waals surface area contributed by atoms with Crippen LogP contribution in [0.1, 0.15) is 0 Å². The maximum atomic E-state index is 10.0. The molecule has 5 nitrogen and oxygen atoms in total. The molecular formula is C4H4Cl2O5. The molecule has 0 saturated heterocycles. The second kappa shape index (κ2) is 3.25. The first-order valence-electron chi connectivity index (χ1n) is 2.31. The van der Waals surface area contributed by atoms with E-state index >= 15 is 0 Å². The average Bonchev–Trinajstić information content (AvgIpc) is 1.85. The van der Waals surface area contributed by atoms with E-state index in [4.69, 9.17) is 38.5 Å². The van der Waals surface area contributed by atoms with E-state index in [9.17, 15) is 9.59 Å². The van der Waals surface area contributed by atoms with Crippen molar-refractivity contribution in [1.82, 2.24) is 0 Å². The van der Waals surface area contributed by atoms with Gasteiger partial charge in [0.2, 0.25) is 0 Å². The Morgan fingerprint density at radius 2 is 1.73 bits per heavy atom. The molecule has 0 fully saturated rings. The highest BCUT2D eigenvalue weighted by Crippen LogP contribution is 2.21. The lowest BCUT2D eigenvalue weighted by atomic mass is 10.2. The van der Waals surface area contributed by atoms with Gasteiger partial charge in [-0.05, 0) is 0 Å². The summed E-state index contributed by atoms with van der Waals surface area (Å²) in [7, 11) is 0. The molecule has 0 aromatic rings.